The molecule has 0 radical (unpaired) electrons. The first-order valence-corrected chi connectivity index (χ1v) is 8.50. The van der Waals surface area contributed by atoms with E-state index in [0.29, 0.717) is 6.61 Å². The normalized spacial score (nSPS) is 12.2. The van der Waals surface area contributed by atoms with Gasteiger partial charge in [0.1, 0.15) is 5.75 Å². The van der Waals surface area contributed by atoms with Crippen molar-refractivity contribution >= 4 is 28.5 Å². The zero-order valence-corrected chi connectivity index (χ0v) is 14.3. The van der Waals surface area contributed by atoms with E-state index in [9.17, 15) is 4.79 Å². The molecule has 3 nitrogen and oxygen atoms in total. The zero-order valence-electron chi connectivity index (χ0n) is 13.5. The number of carbonyl (C=O) groups excluding carboxylic acids is 1. The van der Waals surface area contributed by atoms with Crippen LogP contribution in [0.2, 0.25) is 0 Å². The molecule has 0 aliphatic rings. The molecule has 0 heterocycles. The quantitative estimate of drug-likeness (QED) is 0.575. The van der Waals surface area contributed by atoms with E-state index in [1.165, 1.54) is 0 Å². The molecule has 4 heteroatoms. The number of ether oxygens (including phenoxy) is 2. The van der Waals surface area contributed by atoms with E-state index in [0.717, 1.165) is 32.7 Å². The largest absolute Gasteiger partial charge is 0.497 e. The summed E-state index contributed by atoms with van der Waals surface area (Å²) < 4.78 is 10.5. The SMILES string of the molecule is CCOC(=O)C(C)c1cc2ccc(OC)cc2cc1SCC. The Morgan fingerprint density at radius 2 is 1.95 bits per heavy atom. The van der Waals surface area contributed by atoms with Gasteiger partial charge >= 0.3 is 5.97 Å². The molecule has 0 fully saturated rings. The van der Waals surface area contributed by atoms with Gasteiger partial charge in [-0.15, -0.1) is 11.8 Å². The van der Waals surface area contributed by atoms with E-state index in [4.69, 9.17) is 9.47 Å². The second-order valence-electron chi connectivity index (χ2n) is 5.01. The lowest BCUT2D eigenvalue weighted by Gasteiger charge is -2.16. The maximum absolute atomic E-state index is 12.1. The summed E-state index contributed by atoms with van der Waals surface area (Å²) in [5.41, 5.74) is 1.03. The maximum atomic E-state index is 12.1. The van der Waals surface area contributed by atoms with E-state index < -0.39 is 0 Å². The van der Waals surface area contributed by atoms with Gasteiger partial charge in [-0.3, -0.25) is 4.79 Å². The third-order valence-electron chi connectivity index (χ3n) is 3.58. The molecule has 2 aromatic carbocycles. The molecule has 0 aromatic heterocycles. The highest BCUT2D eigenvalue weighted by molar-refractivity contribution is 7.99. The van der Waals surface area contributed by atoms with E-state index in [2.05, 4.69) is 19.1 Å². The molecule has 0 aliphatic heterocycles. The minimum Gasteiger partial charge on any atom is -0.497 e. The van der Waals surface area contributed by atoms with Crippen LogP contribution in [0.15, 0.2) is 35.2 Å². The Balaban J connectivity index is 2.51. The second kappa shape index (κ2) is 7.54. The summed E-state index contributed by atoms with van der Waals surface area (Å²) in [4.78, 5) is 13.2. The monoisotopic (exact) mass is 318 g/mol. The Morgan fingerprint density at radius 3 is 2.59 bits per heavy atom. The predicted octanol–water partition coefficient (Wildman–Crippen LogP) is 4.63. The molecule has 0 spiro atoms. The number of fused-ring (bicyclic) bond motifs is 1. The molecule has 0 bridgehead atoms. The van der Waals surface area contributed by atoms with Crippen LogP contribution in [0.25, 0.3) is 10.8 Å². The van der Waals surface area contributed by atoms with Gasteiger partial charge in [-0.25, -0.2) is 0 Å². The van der Waals surface area contributed by atoms with Crippen LogP contribution in [0, 0.1) is 0 Å². The number of methoxy groups -OCH3 is 1. The van der Waals surface area contributed by atoms with Gasteiger partial charge in [0.05, 0.1) is 19.6 Å². The van der Waals surface area contributed by atoms with Crippen LogP contribution in [0.1, 0.15) is 32.3 Å². The van der Waals surface area contributed by atoms with Gasteiger partial charge < -0.3 is 9.47 Å². The summed E-state index contributed by atoms with van der Waals surface area (Å²) in [6, 6.07) is 10.2. The van der Waals surface area contributed by atoms with E-state index >= 15 is 0 Å². The van der Waals surface area contributed by atoms with Gasteiger partial charge in [0.25, 0.3) is 0 Å². The van der Waals surface area contributed by atoms with Gasteiger partial charge in [-0.05, 0) is 60.2 Å². The predicted molar refractivity (Wildman–Crippen MR) is 91.9 cm³/mol. The molecule has 1 unspecified atom stereocenters. The van der Waals surface area contributed by atoms with Crippen molar-refractivity contribution in [3.05, 3.63) is 35.9 Å². The van der Waals surface area contributed by atoms with Crippen molar-refractivity contribution in [1.29, 1.82) is 0 Å². The number of rotatable bonds is 6. The Kier molecular flexibility index (Phi) is 5.72. The summed E-state index contributed by atoms with van der Waals surface area (Å²) >= 11 is 1.75. The zero-order chi connectivity index (χ0) is 16.1. The van der Waals surface area contributed by atoms with Crippen LogP contribution < -0.4 is 4.74 Å². The average Bonchev–Trinajstić information content (AvgIpc) is 2.53. The Labute approximate surface area is 136 Å². The lowest BCUT2D eigenvalue weighted by atomic mass is 9.97. The molecule has 0 amide bonds. The molecule has 2 rings (SSSR count). The highest BCUT2D eigenvalue weighted by Crippen LogP contribution is 2.34. The number of esters is 1. The molecule has 0 saturated heterocycles. The first-order valence-electron chi connectivity index (χ1n) is 7.51. The van der Waals surface area contributed by atoms with Gasteiger partial charge in [0.15, 0.2) is 0 Å². The molecule has 1 atom stereocenters. The average molecular weight is 318 g/mol. The fraction of sp³-hybridized carbons (Fsp3) is 0.389. The van der Waals surface area contributed by atoms with Crippen molar-refractivity contribution in [2.45, 2.75) is 31.6 Å². The lowest BCUT2D eigenvalue weighted by molar-refractivity contribution is -0.144. The molecule has 2 aromatic rings. The van der Waals surface area contributed by atoms with Gasteiger partial charge in [-0.2, -0.15) is 0 Å². The number of benzene rings is 2. The Morgan fingerprint density at radius 1 is 1.18 bits per heavy atom. The molecule has 0 saturated carbocycles. The van der Waals surface area contributed by atoms with Crippen molar-refractivity contribution < 1.29 is 14.3 Å². The van der Waals surface area contributed by atoms with Crippen molar-refractivity contribution in [3.8, 4) is 5.75 Å². The van der Waals surface area contributed by atoms with Crippen molar-refractivity contribution in [3.63, 3.8) is 0 Å². The fourth-order valence-electron chi connectivity index (χ4n) is 2.41. The van der Waals surface area contributed by atoms with Crippen LogP contribution >= 0.6 is 11.8 Å². The number of hydrogen-bond donors (Lipinski definition) is 0. The van der Waals surface area contributed by atoms with Crippen molar-refractivity contribution in [1.82, 2.24) is 0 Å². The summed E-state index contributed by atoms with van der Waals surface area (Å²) in [6.45, 7) is 6.25. The highest BCUT2D eigenvalue weighted by Gasteiger charge is 2.20. The number of thioether (sulfide) groups is 1. The summed E-state index contributed by atoms with van der Waals surface area (Å²) in [7, 11) is 1.67. The van der Waals surface area contributed by atoms with Crippen molar-refractivity contribution in [2.24, 2.45) is 0 Å². The molecule has 0 aliphatic carbocycles. The summed E-state index contributed by atoms with van der Waals surface area (Å²) in [5, 5.41) is 2.22. The van der Waals surface area contributed by atoms with E-state index in [1.807, 2.05) is 32.0 Å². The fourth-order valence-corrected chi connectivity index (χ4v) is 3.34. The minimum absolute atomic E-state index is 0.173. The second-order valence-corrected chi connectivity index (χ2v) is 6.32. The van der Waals surface area contributed by atoms with Crippen LogP contribution in [0.5, 0.6) is 5.75 Å². The summed E-state index contributed by atoms with van der Waals surface area (Å²) in [6.07, 6.45) is 0. The maximum Gasteiger partial charge on any atom is 0.313 e. The molecule has 22 heavy (non-hydrogen) atoms. The Hall–Kier alpha value is -1.68. The van der Waals surface area contributed by atoms with Gasteiger partial charge in [-0.1, -0.05) is 13.0 Å². The Bertz CT molecular complexity index is 667. The number of carbonyl (C=O) groups is 1. The standard InChI is InChI=1S/C18H22O3S/c1-5-21-18(19)12(3)16-10-13-7-8-15(20-4)9-14(13)11-17(16)22-6-2/h7-12H,5-6H2,1-4H3. The first kappa shape index (κ1) is 16.7. The first-order chi connectivity index (χ1) is 10.6. The van der Waals surface area contributed by atoms with Gasteiger partial charge in [0.2, 0.25) is 0 Å². The van der Waals surface area contributed by atoms with Crippen LogP contribution in [-0.2, 0) is 9.53 Å². The lowest BCUT2D eigenvalue weighted by Crippen LogP contribution is -2.13. The van der Waals surface area contributed by atoms with Crippen LogP contribution in [-0.4, -0.2) is 25.4 Å². The van der Waals surface area contributed by atoms with Gasteiger partial charge in [0, 0.05) is 4.90 Å². The topological polar surface area (TPSA) is 35.5 Å². The van der Waals surface area contributed by atoms with E-state index in [1.54, 1.807) is 18.9 Å². The van der Waals surface area contributed by atoms with Crippen molar-refractivity contribution in [2.75, 3.05) is 19.5 Å². The molecule has 118 valence electrons. The third kappa shape index (κ3) is 3.55. The summed E-state index contributed by atoms with van der Waals surface area (Å²) in [5.74, 6) is 1.36. The van der Waals surface area contributed by atoms with Crippen LogP contribution in [0.4, 0.5) is 0 Å². The van der Waals surface area contributed by atoms with E-state index in [-0.39, 0.29) is 11.9 Å². The number of hydrogen-bond acceptors (Lipinski definition) is 4. The molecular formula is C18H22O3S. The molecular weight excluding hydrogens is 296 g/mol. The minimum atomic E-state index is -0.263. The smallest absolute Gasteiger partial charge is 0.313 e. The third-order valence-corrected chi connectivity index (χ3v) is 4.54. The highest BCUT2D eigenvalue weighted by atomic mass is 32.2. The molecule has 0 N–H and O–H groups in total. The van der Waals surface area contributed by atoms with Crippen LogP contribution in [0.3, 0.4) is 0 Å².